The number of nitrogens with zero attached hydrogens (tertiary/aromatic N) is 3. The van der Waals surface area contributed by atoms with Crippen molar-refractivity contribution in [2.45, 2.75) is 19.4 Å². The predicted octanol–water partition coefficient (Wildman–Crippen LogP) is 4.17. The molecular formula is C22H18BrN3O3S. The zero-order valence-electron chi connectivity index (χ0n) is 16.1. The van der Waals surface area contributed by atoms with Crippen LogP contribution in [0.25, 0.3) is 0 Å². The summed E-state index contributed by atoms with van der Waals surface area (Å²) in [5, 5.41) is 2.31. The molecule has 1 atom stereocenters. The normalized spacial score (nSPS) is 14.0. The average molecular weight is 484 g/mol. The molecule has 0 saturated heterocycles. The molecule has 1 aliphatic heterocycles. The van der Waals surface area contributed by atoms with Gasteiger partial charge in [0, 0.05) is 18.8 Å². The SMILES string of the molecule is CC(=O)N(C[C@H](Cc1ccccc1)N1C(=O)c2ccccc2C1=O)c1nc(Br)cs1. The highest BCUT2D eigenvalue weighted by Gasteiger charge is 2.41. The number of hydrogen-bond acceptors (Lipinski definition) is 5. The minimum atomic E-state index is -0.536. The maximum Gasteiger partial charge on any atom is 0.261 e. The fourth-order valence-electron chi connectivity index (χ4n) is 3.58. The Hall–Kier alpha value is -2.84. The van der Waals surface area contributed by atoms with Crippen LogP contribution in [0.2, 0.25) is 0 Å². The number of anilines is 1. The predicted molar refractivity (Wildman–Crippen MR) is 119 cm³/mol. The lowest BCUT2D eigenvalue weighted by atomic mass is 10.0. The van der Waals surface area contributed by atoms with E-state index in [2.05, 4.69) is 20.9 Å². The summed E-state index contributed by atoms with van der Waals surface area (Å²) in [7, 11) is 0. The van der Waals surface area contributed by atoms with Gasteiger partial charge in [0.05, 0.1) is 17.2 Å². The number of halogens is 1. The number of hydrogen-bond donors (Lipinski definition) is 0. The van der Waals surface area contributed by atoms with Crippen LogP contribution >= 0.6 is 27.3 Å². The van der Waals surface area contributed by atoms with Gasteiger partial charge in [-0.15, -0.1) is 11.3 Å². The standard InChI is InChI=1S/C22H18BrN3O3S/c1-14(27)25(22-24-19(23)13-30-22)12-16(11-15-7-3-2-4-8-15)26-20(28)17-9-5-6-10-18(17)21(26)29/h2-10,13,16H,11-12H2,1H3/t16-/m0/s1. The number of fused-ring (bicyclic) bond motifs is 1. The van der Waals surface area contributed by atoms with Gasteiger partial charge in [0.2, 0.25) is 5.91 Å². The lowest BCUT2D eigenvalue weighted by Crippen LogP contribution is -2.49. The molecule has 8 heteroatoms. The zero-order valence-corrected chi connectivity index (χ0v) is 18.5. The summed E-state index contributed by atoms with van der Waals surface area (Å²) in [6, 6.07) is 15.9. The molecule has 0 N–H and O–H groups in total. The molecule has 0 unspecified atom stereocenters. The summed E-state index contributed by atoms with van der Waals surface area (Å²) in [5.74, 6) is -0.868. The first kappa shape index (κ1) is 20.4. The molecule has 152 valence electrons. The summed E-state index contributed by atoms with van der Waals surface area (Å²) in [5.41, 5.74) is 1.77. The van der Waals surface area contributed by atoms with E-state index in [-0.39, 0.29) is 24.3 Å². The van der Waals surface area contributed by atoms with Gasteiger partial charge in [-0.2, -0.15) is 0 Å². The minimum Gasteiger partial charge on any atom is -0.286 e. The van der Waals surface area contributed by atoms with Gasteiger partial charge in [0.1, 0.15) is 4.60 Å². The van der Waals surface area contributed by atoms with E-state index >= 15 is 0 Å². The molecule has 0 spiro atoms. The van der Waals surface area contributed by atoms with Gasteiger partial charge in [-0.1, -0.05) is 42.5 Å². The van der Waals surface area contributed by atoms with E-state index in [1.807, 2.05) is 30.3 Å². The quantitative estimate of drug-likeness (QED) is 0.493. The van der Waals surface area contributed by atoms with Gasteiger partial charge in [0.25, 0.3) is 11.8 Å². The van der Waals surface area contributed by atoms with Crippen LogP contribution in [-0.2, 0) is 11.2 Å². The van der Waals surface area contributed by atoms with Crippen LogP contribution in [0.5, 0.6) is 0 Å². The second-order valence-corrected chi connectivity index (χ2v) is 8.60. The van der Waals surface area contributed by atoms with Crippen LogP contribution in [-0.4, -0.2) is 40.2 Å². The first-order valence-corrected chi connectivity index (χ1v) is 11.0. The molecule has 30 heavy (non-hydrogen) atoms. The first-order chi connectivity index (χ1) is 14.5. The fourth-order valence-corrected chi connectivity index (χ4v) is 4.89. The number of carbonyl (C=O) groups is 3. The fraction of sp³-hybridized carbons (Fsp3) is 0.182. The van der Waals surface area contributed by atoms with Crippen molar-refractivity contribution < 1.29 is 14.4 Å². The molecule has 6 nitrogen and oxygen atoms in total. The molecule has 0 bridgehead atoms. The molecule has 4 rings (SSSR count). The van der Waals surface area contributed by atoms with Crippen molar-refractivity contribution in [3.05, 3.63) is 81.3 Å². The Kier molecular flexibility index (Phi) is 5.78. The number of aromatic nitrogens is 1. The lowest BCUT2D eigenvalue weighted by Gasteiger charge is -2.30. The molecule has 1 aliphatic rings. The maximum atomic E-state index is 13.1. The van der Waals surface area contributed by atoms with Crippen molar-refractivity contribution in [1.29, 1.82) is 0 Å². The monoisotopic (exact) mass is 483 g/mol. The van der Waals surface area contributed by atoms with E-state index in [0.717, 1.165) is 5.56 Å². The number of imide groups is 1. The average Bonchev–Trinajstić information content (AvgIpc) is 3.27. The van der Waals surface area contributed by atoms with Crippen molar-refractivity contribution >= 4 is 50.1 Å². The second-order valence-electron chi connectivity index (χ2n) is 6.95. The molecule has 0 aliphatic carbocycles. The molecule has 2 aromatic carbocycles. The van der Waals surface area contributed by atoms with Gasteiger partial charge < -0.3 is 0 Å². The third-order valence-electron chi connectivity index (χ3n) is 4.97. The molecule has 0 saturated carbocycles. The summed E-state index contributed by atoms with van der Waals surface area (Å²) in [6.45, 7) is 1.62. The Morgan fingerprint density at radius 2 is 1.67 bits per heavy atom. The van der Waals surface area contributed by atoms with Crippen LogP contribution in [0.15, 0.2) is 64.6 Å². The smallest absolute Gasteiger partial charge is 0.261 e. The van der Waals surface area contributed by atoms with Crippen LogP contribution in [0.4, 0.5) is 5.13 Å². The third-order valence-corrected chi connectivity index (χ3v) is 6.55. The van der Waals surface area contributed by atoms with Crippen molar-refractivity contribution in [1.82, 2.24) is 9.88 Å². The van der Waals surface area contributed by atoms with E-state index in [9.17, 15) is 14.4 Å². The van der Waals surface area contributed by atoms with E-state index in [4.69, 9.17) is 0 Å². The van der Waals surface area contributed by atoms with Gasteiger partial charge in [-0.25, -0.2) is 4.98 Å². The zero-order chi connectivity index (χ0) is 21.3. The van der Waals surface area contributed by atoms with Crippen molar-refractivity contribution in [3.8, 4) is 0 Å². The minimum absolute atomic E-state index is 0.162. The van der Waals surface area contributed by atoms with E-state index < -0.39 is 6.04 Å². The van der Waals surface area contributed by atoms with E-state index in [1.54, 1.807) is 29.6 Å². The van der Waals surface area contributed by atoms with Crippen LogP contribution in [0.3, 0.4) is 0 Å². The van der Waals surface area contributed by atoms with Crippen molar-refractivity contribution in [3.63, 3.8) is 0 Å². The Labute approximate surface area is 186 Å². The Morgan fingerprint density at radius 1 is 1.07 bits per heavy atom. The van der Waals surface area contributed by atoms with Crippen molar-refractivity contribution in [2.75, 3.05) is 11.4 Å². The number of thiazole rings is 1. The Morgan fingerprint density at radius 3 is 2.20 bits per heavy atom. The van der Waals surface area contributed by atoms with E-state index in [0.29, 0.717) is 27.3 Å². The van der Waals surface area contributed by atoms with Crippen LogP contribution < -0.4 is 4.90 Å². The van der Waals surface area contributed by atoms with Gasteiger partial charge in [-0.3, -0.25) is 24.2 Å². The largest absolute Gasteiger partial charge is 0.286 e. The van der Waals surface area contributed by atoms with Gasteiger partial charge in [0.15, 0.2) is 5.13 Å². The van der Waals surface area contributed by atoms with Gasteiger partial charge in [-0.05, 0) is 40.0 Å². The lowest BCUT2D eigenvalue weighted by molar-refractivity contribution is -0.116. The highest BCUT2D eigenvalue weighted by molar-refractivity contribution is 9.10. The Bertz CT molecular complexity index is 1080. The number of amides is 3. The van der Waals surface area contributed by atoms with Crippen molar-refractivity contribution in [2.24, 2.45) is 0 Å². The summed E-state index contributed by atoms with van der Waals surface area (Å²) in [4.78, 5) is 45.8. The molecule has 3 amide bonds. The Balaban J connectivity index is 1.71. The summed E-state index contributed by atoms with van der Waals surface area (Å²) in [6.07, 6.45) is 0.433. The molecule has 2 heterocycles. The first-order valence-electron chi connectivity index (χ1n) is 9.35. The van der Waals surface area contributed by atoms with Gasteiger partial charge >= 0.3 is 0 Å². The third kappa shape index (κ3) is 3.93. The molecule has 0 radical (unpaired) electrons. The molecular weight excluding hydrogens is 466 g/mol. The number of benzene rings is 2. The highest BCUT2D eigenvalue weighted by atomic mass is 79.9. The molecule has 3 aromatic rings. The summed E-state index contributed by atoms with van der Waals surface area (Å²) < 4.78 is 0.633. The number of rotatable bonds is 6. The highest BCUT2D eigenvalue weighted by Crippen LogP contribution is 2.29. The van der Waals surface area contributed by atoms with E-state index in [1.165, 1.54) is 28.1 Å². The van der Waals surface area contributed by atoms with Crippen LogP contribution in [0, 0.1) is 0 Å². The summed E-state index contributed by atoms with van der Waals surface area (Å²) >= 11 is 4.64. The number of carbonyl (C=O) groups excluding carboxylic acids is 3. The molecule has 1 aromatic heterocycles. The van der Waals surface area contributed by atoms with Crippen LogP contribution in [0.1, 0.15) is 33.2 Å². The molecule has 0 fully saturated rings. The maximum absolute atomic E-state index is 13.1. The topological polar surface area (TPSA) is 70.6 Å². The second kappa shape index (κ2) is 8.49.